The molecule has 0 unspecified atom stereocenters. The predicted octanol–water partition coefficient (Wildman–Crippen LogP) is 4.78. The number of aryl methyl sites for hydroxylation is 2. The number of carbonyl (C=O) groups is 1. The molecule has 4 aromatic rings. The fourth-order valence-corrected chi connectivity index (χ4v) is 4.29. The second-order valence-electron chi connectivity index (χ2n) is 6.36. The van der Waals surface area contributed by atoms with Crippen molar-refractivity contribution < 1.29 is 4.79 Å². The number of nitrogens with one attached hydrogen (secondary N) is 1. The molecule has 4 rings (SSSR count). The van der Waals surface area contributed by atoms with Crippen molar-refractivity contribution in [3.63, 3.8) is 0 Å². The van der Waals surface area contributed by atoms with Crippen LogP contribution in [0.3, 0.4) is 0 Å². The first-order valence-corrected chi connectivity index (χ1v) is 10.3. The summed E-state index contributed by atoms with van der Waals surface area (Å²) in [5, 5.41) is 4.53. The largest absolute Gasteiger partial charge is 0.322 e. The Balaban J connectivity index is 1.49. The van der Waals surface area contributed by atoms with E-state index in [1.54, 1.807) is 23.3 Å². The summed E-state index contributed by atoms with van der Waals surface area (Å²) in [6, 6.07) is 13.9. The Kier molecular flexibility index (Phi) is 5.02. The third-order valence-corrected chi connectivity index (χ3v) is 6.18. The highest BCUT2D eigenvalue weighted by Crippen LogP contribution is 2.29. The number of nitrogens with zero attached hydrogens (tertiary/aromatic N) is 2. The molecule has 0 saturated carbocycles. The molecule has 0 saturated heterocycles. The molecule has 28 heavy (non-hydrogen) atoms. The maximum absolute atomic E-state index is 12.5. The average Bonchev–Trinajstić information content (AvgIpc) is 3.16. The monoisotopic (exact) mass is 407 g/mol. The van der Waals surface area contributed by atoms with Gasteiger partial charge in [-0.05, 0) is 61.4 Å². The minimum Gasteiger partial charge on any atom is -0.322 e. The number of thiazole rings is 1. The molecule has 0 fully saturated rings. The van der Waals surface area contributed by atoms with Crippen LogP contribution >= 0.6 is 23.1 Å². The highest BCUT2D eigenvalue weighted by atomic mass is 32.2. The minimum absolute atomic E-state index is 0.0180. The van der Waals surface area contributed by atoms with E-state index in [0.29, 0.717) is 10.6 Å². The van der Waals surface area contributed by atoms with Gasteiger partial charge in [-0.1, -0.05) is 17.8 Å². The highest BCUT2D eigenvalue weighted by Gasteiger charge is 2.14. The lowest BCUT2D eigenvalue weighted by Crippen LogP contribution is -2.25. The Morgan fingerprint density at radius 2 is 1.82 bits per heavy atom. The number of fused-ring (bicyclic) bond motifs is 1. The molecular formula is C21H17N3O2S2. The first kappa shape index (κ1) is 18.5. The molecule has 0 radical (unpaired) electrons. The van der Waals surface area contributed by atoms with Crippen molar-refractivity contribution in [1.82, 2.24) is 9.38 Å². The molecular weight excluding hydrogens is 390 g/mol. The van der Waals surface area contributed by atoms with Crippen molar-refractivity contribution in [2.24, 2.45) is 0 Å². The summed E-state index contributed by atoms with van der Waals surface area (Å²) in [6.07, 6.45) is 2.94. The van der Waals surface area contributed by atoms with Gasteiger partial charge in [-0.2, -0.15) is 0 Å². The summed E-state index contributed by atoms with van der Waals surface area (Å²) in [5.41, 5.74) is 2.81. The molecule has 0 bridgehead atoms. The summed E-state index contributed by atoms with van der Waals surface area (Å²) in [7, 11) is 0. The number of rotatable bonds is 4. The van der Waals surface area contributed by atoms with Crippen molar-refractivity contribution in [3.8, 4) is 0 Å². The van der Waals surface area contributed by atoms with Gasteiger partial charge in [-0.3, -0.25) is 14.0 Å². The van der Waals surface area contributed by atoms with Gasteiger partial charge in [0, 0.05) is 33.3 Å². The number of anilines is 1. The van der Waals surface area contributed by atoms with Gasteiger partial charge in [0.25, 0.3) is 11.5 Å². The van der Waals surface area contributed by atoms with Crippen molar-refractivity contribution >= 4 is 39.7 Å². The molecule has 2 heterocycles. The Bertz CT molecular complexity index is 1230. The van der Waals surface area contributed by atoms with Crippen LogP contribution in [0.5, 0.6) is 0 Å². The van der Waals surface area contributed by atoms with Crippen LogP contribution in [0.4, 0.5) is 5.69 Å². The number of hydrogen-bond acceptors (Lipinski definition) is 5. The maximum atomic E-state index is 12.5. The number of amides is 1. The zero-order chi connectivity index (χ0) is 19.7. The van der Waals surface area contributed by atoms with Crippen LogP contribution in [0.2, 0.25) is 0 Å². The van der Waals surface area contributed by atoms with Gasteiger partial charge >= 0.3 is 0 Å². The quantitative estimate of drug-likeness (QED) is 0.529. The van der Waals surface area contributed by atoms with Gasteiger partial charge in [0.05, 0.1) is 0 Å². The Morgan fingerprint density at radius 3 is 2.57 bits per heavy atom. The average molecular weight is 408 g/mol. The molecule has 2 aromatic heterocycles. The predicted molar refractivity (Wildman–Crippen MR) is 114 cm³/mol. The number of aromatic nitrogens is 2. The van der Waals surface area contributed by atoms with Crippen LogP contribution in [0.15, 0.2) is 74.8 Å². The summed E-state index contributed by atoms with van der Waals surface area (Å²) < 4.78 is 1.38. The first-order chi connectivity index (χ1) is 13.5. The number of hydrogen-bond donors (Lipinski definition) is 1. The second kappa shape index (κ2) is 7.61. The summed E-state index contributed by atoms with van der Waals surface area (Å²) in [6.45, 7) is 4.20. The van der Waals surface area contributed by atoms with Crippen molar-refractivity contribution in [1.29, 1.82) is 0 Å². The SMILES string of the molecule is Cc1ccc(Sc2ccc(NC(=O)c3cnc4sccn4c3=O)cc2)cc1C. The van der Waals surface area contributed by atoms with E-state index in [4.69, 9.17) is 0 Å². The van der Waals surface area contributed by atoms with E-state index in [2.05, 4.69) is 42.3 Å². The Morgan fingerprint density at radius 1 is 1.07 bits per heavy atom. The van der Waals surface area contributed by atoms with E-state index >= 15 is 0 Å². The highest BCUT2D eigenvalue weighted by molar-refractivity contribution is 7.99. The van der Waals surface area contributed by atoms with Gasteiger partial charge in [-0.25, -0.2) is 4.98 Å². The van der Waals surface area contributed by atoms with Gasteiger partial charge in [-0.15, -0.1) is 11.3 Å². The van der Waals surface area contributed by atoms with Crippen LogP contribution in [0.1, 0.15) is 21.5 Å². The van der Waals surface area contributed by atoms with Crippen molar-refractivity contribution in [3.05, 3.63) is 87.3 Å². The standard InChI is InChI=1S/C21H17N3O2S2/c1-13-3-6-17(11-14(13)2)28-16-7-4-15(5-8-16)23-19(25)18-12-22-21-24(20(18)26)9-10-27-21/h3-12H,1-2H3,(H,23,25). The minimum atomic E-state index is -0.465. The van der Waals surface area contributed by atoms with E-state index in [9.17, 15) is 9.59 Å². The van der Waals surface area contributed by atoms with Crippen LogP contribution in [-0.2, 0) is 0 Å². The zero-order valence-electron chi connectivity index (χ0n) is 15.3. The van der Waals surface area contributed by atoms with E-state index in [1.165, 1.54) is 38.0 Å². The van der Waals surface area contributed by atoms with E-state index in [0.717, 1.165) is 4.90 Å². The molecule has 2 aromatic carbocycles. The van der Waals surface area contributed by atoms with Crippen molar-refractivity contribution in [2.75, 3.05) is 5.32 Å². The van der Waals surface area contributed by atoms with E-state index in [1.807, 2.05) is 24.3 Å². The van der Waals surface area contributed by atoms with Gasteiger partial charge < -0.3 is 5.32 Å². The third kappa shape index (κ3) is 3.72. The van der Waals surface area contributed by atoms with Crippen LogP contribution in [0.25, 0.3) is 4.96 Å². The number of benzene rings is 2. The molecule has 0 aliphatic heterocycles. The van der Waals surface area contributed by atoms with E-state index in [-0.39, 0.29) is 11.1 Å². The fourth-order valence-electron chi connectivity index (χ4n) is 2.70. The van der Waals surface area contributed by atoms with Crippen LogP contribution in [-0.4, -0.2) is 15.3 Å². The molecule has 0 spiro atoms. The topological polar surface area (TPSA) is 63.5 Å². The maximum Gasteiger partial charge on any atom is 0.271 e. The summed E-state index contributed by atoms with van der Waals surface area (Å²) in [4.78, 5) is 31.8. The lowest BCUT2D eigenvalue weighted by atomic mass is 10.1. The summed E-state index contributed by atoms with van der Waals surface area (Å²) >= 11 is 3.01. The smallest absolute Gasteiger partial charge is 0.271 e. The molecule has 1 amide bonds. The van der Waals surface area contributed by atoms with E-state index < -0.39 is 5.91 Å². The molecule has 7 heteroatoms. The second-order valence-corrected chi connectivity index (χ2v) is 8.38. The Labute approximate surface area is 170 Å². The molecule has 0 atom stereocenters. The molecule has 0 aliphatic rings. The third-order valence-electron chi connectivity index (χ3n) is 4.41. The molecule has 5 nitrogen and oxygen atoms in total. The summed E-state index contributed by atoms with van der Waals surface area (Å²) in [5.74, 6) is -0.465. The van der Waals surface area contributed by atoms with Gasteiger partial charge in [0.1, 0.15) is 5.56 Å². The zero-order valence-corrected chi connectivity index (χ0v) is 16.9. The van der Waals surface area contributed by atoms with Crippen molar-refractivity contribution in [2.45, 2.75) is 23.6 Å². The van der Waals surface area contributed by atoms with Gasteiger partial charge in [0.15, 0.2) is 4.96 Å². The Hall–Kier alpha value is -2.90. The lowest BCUT2D eigenvalue weighted by molar-refractivity contribution is 0.102. The van der Waals surface area contributed by atoms with Gasteiger partial charge in [0.2, 0.25) is 0 Å². The molecule has 140 valence electrons. The fraction of sp³-hybridized carbons (Fsp3) is 0.0952. The first-order valence-electron chi connectivity index (χ1n) is 8.62. The lowest BCUT2D eigenvalue weighted by Gasteiger charge is -2.08. The normalized spacial score (nSPS) is 10.9. The van der Waals surface area contributed by atoms with Crippen LogP contribution < -0.4 is 10.9 Å². The number of carbonyl (C=O) groups excluding carboxylic acids is 1. The van der Waals surface area contributed by atoms with Crippen LogP contribution in [0, 0.1) is 13.8 Å². The molecule has 0 aliphatic carbocycles. The molecule has 1 N–H and O–H groups in total.